The van der Waals surface area contributed by atoms with Crippen molar-refractivity contribution in [3.8, 4) is 0 Å². The fraction of sp³-hybridized carbons (Fsp3) is 0.143. The van der Waals surface area contributed by atoms with Gasteiger partial charge in [0.15, 0.2) is 0 Å². The number of benzene rings is 2. The third-order valence-electron chi connectivity index (χ3n) is 4.15. The lowest BCUT2D eigenvalue weighted by Crippen LogP contribution is -2.29. The van der Waals surface area contributed by atoms with Gasteiger partial charge in [0.1, 0.15) is 11.4 Å². The van der Waals surface area contributed by atoms with Crippen LogP contribution in [-0.2, 0) is 13.0 Å². The molecular formula is C21H19FN2O2. The Labute approximate surface area is 150 Å². The Morgan fingerprint density at radius 1 is 1.08 bits per heavy atom. The molecule has 0 fully saturated rings. The van der Waals surface area contributed by atoms with Gasteiger partial charge in [-0.05, 0) is 47.9 Å². The number of hydrogen-bond acceptors (Lipinski definition) is 2. The third kappa shape index (κ3) is 3.88. The molecule has 0 atom stereocenters. The largest absolute Gasteiger partial charge is 0.322 e. The standard InChI is InChI=1S/C21H19FN2O2/c1-2-16-8-3-4-11-19(16)23-20(25)18-10-6-12-24(21(18)26)14-15-7-5-9-17(22)13-15/h3-13H,2,14H2,1H3,(H,23,25). The van der Waals surface area contributed by atoms with Gasteiger partial charge in [-0.1, -0.05) is 37.3 Å². The minimum Gasteiger partial charge on any atom is -0.322 e. The third-order valence-corrected chi connectivity index (χ3v) is 4.15. The van der Waals surface area contributed by atoms with E-state index in [1.807, 2.05) is 31.2 Å². The molecule has 0 aliphatic rings. The molecule has 1 aromatic heterocycles. The molecule has 4 nitrogen and oxygen atoms in total. The maximum Gasteiger partial charge on any atom is 0.263 e. The quantitative estimate of drug-likeness (QED) is 0.760. The molecule has 0 bridgehead atoms. The number of halogens is 1. The first-order valence-corrected chi connectivity index (χ1v) is 8.41. The molecular weight excluding hydrogens is 331 g/mol. The van der Waals surface area contributed by atoms with E-state index >= 15 is 0 Å². The fourth-order valence-electron chi connectivity index (χ4n) is 2.81. The maximum atomic E-state index is 13.3. The predicted octanol–water partition coefficient (Wildman–Crippen LogP) is 3.85. The van der Waals surface area contributed by atoms with E-state index in [0.29, 0.717) is 11.3 Å². The molecule has 0 aliphatic heterocycles. The average molecular weight is 350 g/mol. The number of carbonyl (C=O) groups excluding carboxylic acids is 1. The van der Waals surface area contributed by atoms with Crippen LogP contribution in [0.3, 0.4) is 0 Å². The van der Waals surface area contributed by atoms with Gasteiger partial charge in [0.2, 0.25) is 0 Å². The highest BCUT2D eigenvalue weighted by Crippen LogP contribution is 2.16. The molecule has 0 spiro atoms. The molecule has 0 saturated heterocycles. The Kier molecular flexibility index (Phi) is 5.27. The summed E-state index contributed by atoms with van der Waals surface area (Å²) in [5, 5.41) is 2.81. The van der Waals surface area contributed by atoms with Gasteiger partial charge < -0.3 is 9.88 Å². The number of anilines is 1. The lowest BCUT2D eigenvalue weighted by atomic mass is 10.1. The van der Waals surface area contributed by atoms with E-state index in [9.17, 15) is 14.0 Å². The van der Waals surface area contributed by atoms with Crippen molar-refractivity contribution < 1.29 is 9.18 Å². The normalized spacial score (nSPS) is 10.5. The highest BCUT2D eigenvalue weighted by atomic mass is 19.1. The van der Waals surface area contributed by atoms with Gasteiger partial charge in [0.05, 0.1) is 6.54 Å². The number of para-hydroxylation sites is 1. The number of pyridine rings is 1. The Morgan fingerprint density at radius 2 is 1.88 bits per heavy atom. The molecule has 1 heterocycles. The van der Waals surface area contributed by atoms with E-state index in [-0.39, 0.29) is 17.9 Å². The number of nitrogens with one attached hydrogen (secondary N) is 1. The Balaban J connectivity index is 1.87. The van der Waals surface area contributed by atoms with E-state index in [1.165, 1.54) is 22.8 Å². The molecule has 132 valence electrons. The van der Waals surface area contributed by atoms with Gasteiger partial charge in [-0.25, -0.2) is 4.39 Å². The average Bonchev–Trinajstić information content (AvgIpc) is 2.64. The second-order valence-electron chi connectivity index (χ2n) is 5.95. The number of rotatable bonds is 5. The van der Waals surface area contributed by atoms with Crippen molar-refractivity contribution in [1.82, 2.24) is 4.57 Å². The van der Waals surface area contributed by atoms with Crippen LogP contribution in [0.4, 0.5) is 10.1 Å². The summed E-state index contributed by atoms with van der Waals surface area (Å²) in [4.78, 5) is 25.2. The van der Waals surface area contributed by atoms with Crippen LogP contribution in [0.1, 0.15) is 28.4 Å². The van der Waals surface area contributed by atoms with Crippen LogP contribution in [0, 0.1) is 5.82 Å². The minimum atomic E-state index is -0.454. The lowest BCUT2D eigenvalue weighted by molar-refractivity contribution is 0.102. The number of hydrogen-bond donors (Lipinski definition) is 1. The van der Waals surface area contributed by atoms with Crippen LogP contribution in [0.2, 0.25) is 0 Å². The minimum absolute atomic E-state index is 0.0507. The topological polar surface area (TPSA) is 51.1 Å². The summed E-state index contributed by atoms with van der Waals surface area (Å²) >= 11 is 0. The summed E-state index contributed by atoms with van der Waals surface area (Å²) in [6, 6.07) is 16.7. The zero-order chi connectivity index (χ0) is 18.5. The summed E-state index contributed by atoms with van der Waals surface area (Å²) in [7, 11) is 0. The molecule has 0 saturated carbocycles. The van der Waals surface area contributed by atoms with Crippen LogP contribution in [-0.4, -0.2) is 10.5 Å². The van der Waals surface area contributed by atoms with Crippen LogP contribution in [0.5, 0.6) is 0 Å². The zero-order valence-electron chi connectivity index (χ0n) is 14.4. The lowest BCUT2D eigenvalue weighted by Gasteiger charge is -2.11. The van der Waals surface area contributed by atoms with Gasteiger partial charge in [0, 0.05) is 11.9 Å². The monoisotopic (exact) mass is 350 g/mol. The van der Waals surface area contributed by atoms with E-state index < -0.39 is 11.5 Å². The molecule has 0 unspecified atom stereocenters. The summed E-state index contributed by atoms with van der Waals surface area (Å²) < 4.78 is 14.7. The number of carbonyl (C=O) groups is 1. The Hall–Kier alpha value is -3.21. The molecule has 1 N–H and O–H groups in total. The van der Waals surface area contributed by atoms with E-state index in [0.717, 1.165) is 12.0 Å². The Bertz CT molecular complexity index is 995. The van der Waals surface area contributed by atoms with Gasteiger partial charge in [-0.15, -0.1) is 0 Å². The molecule has 3 aromatic rings. The van der Waals surface area contributed by atoms with Crippen molar-refractivity contribution in [2.24, 2.45) is 0 Å². The van der Waals surface area contributed by atoms with Crippen molar-refractivity contribution in [3.63, 3.8) is 0 Å². The van der Waals surface area contributed by atoms with E-state index in [4.69, 9.17) is 0 Å². The smallest absolute Gasteiger partial charge is 0.263 e. The first-order chi connectivity index (χ1) is 12.6. The molecule has 3 rings (SSSR count). The van der Waals surface area contributed by atoms with E-state index in [1.54, 1.807) is 24.4 Å². The highest BCUT2D eigenvalue weighted by molar-refractivity contribution is 6.04. The van der Waals surface area contributed by atoms with Gasteiger partial charge in [-0.3, -0.25) is 9.59 Å². The fourth-order valence-corrected chi connectivity index (χ4v) is 2.81. The summed E-state index contributed by atoms with van der Waals surface area (Å²) in [6.45, 7) is 2.20. The molecule has 5 heteroatoms. The van der Waals surface area contributed by atoms with Crippen molar-refractivity contribution >= 4 is 11.6 Å². The molecule has 0 aliphatic carbocycles. The van der Waals surface area contributed by atoms with Crippen LogP contribution < -0.4 is 10.9 Å². The number of amides is 1. The highest BCUT2D eigenvalue weighted by Gasteiger charge is 2.14. The second kappa shape index (κ2) is 7.78. The number of aromatic nitrogens is 1. The number of nitrogens with zero attached hydrogens (tertiary/aromatic N) is 1. The van der Waals surface area contributed by atoms with Crippen molar-refractivity contribution in [2.75, 3.05) is 5.32 Å². The van der Waals surface area contributed by atoms with Crippen LogP contribution in [0.25, 0.3) is 0 Å². The first-order valence-electron chi connectivity index (χ1n) is 8.41. The van der Waals surface area contributed by atoms with Crippen molar-refractivity contribution in [2.45, 2.75) is 19.9 Å². The maximum absolute atomic E-state index is 13.3. The number of aryl methyl sites for hydroxylation is 1. The molecule has 0 radical (unpaired) electrons. The zero-order valence-corrected chi connectivity index (χ0v) is 14.4. The summed E-state index contributed by atoms with van der Waals surface area (Å²) in [5.74, 6) is -0.815. The summed E-state index contributed by atoms with van der Waals surface area (Å²) in [6.07, 6.45) is 2.36. The van der Waals surface area contributed by atoms with Crippen molar-refractivity contribution in [3.05, 3.63) is 99.7 Å². The molecule has 26 heavy (non-hydrogen) atoms. The Morgan fingerprint density at radius 3 is 2.65 bits per heavy atom. The van der Waals surface area contributed by atoms with Crippen LogP contribution in [0.15, 0.2) is 71.7 Å². The SMILES string of the molecule is CCc1ccccc1NC(=O)c1cccn(Cc2cccc(F)c2)c1=O. The van der Waals surface area contributed by atoms with Gasteiger partial charge in [-0.2, -0.15) is 0 Å². The van der Waals surface area contributed by atoms with Gasteiger partial charge >= 0.3 is 0 Å². The van der Waals surface area contributed by atoms with Crippen molar-refractivity contribution in [1.29, 1.82) is 0 Å². The molecule has 2 aromatic carbocycles. The second-order valence-corrected chi connectivity index (χ2v) is 5.95. The van der Waals surface area contributed by atoms with Crippen LogP contribution >= 0.6 is 0 Å². The van der Waals surface area contributed by atoms with E-state index in [2.05, 4.69) is 5.32 Å². The first kappa shape index (κ1) is 17.6. The molecule has 1 amide bonds. The predicted molar refractivity (Wildman–Crippen MR) is 100.0 cm³/mol. The summed E-state index contributed by atoms with van der Waals surface area (Å²) in [5.41, 5.74) is 1.98. The van der Waals surface area contributed by atoms with Gasteiger partial charge in [0.25, 0.3) is 11.5 Å².